The lowest BCUT2D eigenvalue weighted by molar-refractivity contribution is -0.172. The molecule has 0 aliphatic heterocycles. The zero-order chi connectivity index (χ0) is 50.0. The van der Waals surface area contributed by atoms with Gasteiger partial charge in [0.2, 0.25) is 0 Å². The van der Waals surface area contributed by atoms with E-state index in [-0.39, 0.29) is 49.6 Å². The number of phenolic OH excluding ortho intramolecular Hbond substituents is 2. The van der Waals surface area contributed by atoms with Gasteiger partial charge >= 0.3 is 5.97 Å². The number of Topliss-reactive ketones (excluding diaryl/α,β-unsaturated/α-hetero) is 1. The molecule has 6 aromatic rings. The molecule has 15 heteroatoms. The number of aromatic nitrogens is 6. The monoisotopic (exact) mass is 935 g/mol. The number of benzene rings is 4. The molecule has 366 valence electrons. The molecule has 0 amide bonds. The minimum absolute atomic E-state index is 0.0219. The lowest BCUT2D eigenvalue weighted by Gasteiger charge is -2.39. The van der Waals surface area contributed by atoms with E-state index in [0.29, 0.717) is 57.4 Å². The summed E-state index contributed by atoms with van der Waals surface area (Å²) in [5.41, 5.74) is 2.84. The Hall–Kier alpha value is -5.74. The van der Waals surface area contributed by atoms with Gasteiger partial charge in [-0.2, -0.15) is 0 Å². The van der Waals surface area contributed by atoms with Gasteiger partial charge in [-0.05, 0) is 113 Å². The standard InChI is InChI=1S/C53H70N6O9/c1-49(2,3)37-25-33(27-43(47(37)64)58-54-39-17-13-14-18-40(39)55-58)21-23-45(62)53(11,12)66-32-35(61)29-51(7,8)68-52(9,10)30-36(31-60)67-46(63)24-22-34-26-38(50(4,5)6)48(65)44(28-34)59-56-41-19-15-16-20-42(41)57-59/h13-20,25-28,35-36,60-61,64-65H,21-24,29-32H2,1-12H3. The molecule has 0 aliphatic rings. The highest BCUT2D eigenvalue weighted by Crippen LogP contribution is 2.39. The van der Waals surface area contributed by atoms with E-state index in [1.54, 1.807) is 19.9 Å². The molecule has 0 aliphatic carbocycles. The Labute approximate surface area is 399 Å². The lowest BCUT2D eigenvalue weighted by Crippen LogP contribution is -2.44. The number of esters is 1. The third-order valence-electron chi connectivity index (χ3n) is 12.0. The summed E-state index contributed by atoms with van der Waals surface area (Å²) in [6, 6.07) is 22.3. The summed E-state index contributed by atoms with van der Waals surface area (Å²) >= 11 is 0. The van der Waals surface area contributed by atoms with E-state index in [1.165, 1.54) is 9.59 Å². The number of fused-ring (bicyclic) bond motifs is 2. The average molecular weight is 935 g/mol. The molecular weight excluding hydrogens is 865 g/mol. The van der Waals surface area contributed by atoms with Crippen LogP contribution in [0.2, 0.25) is 0 Å². The van der Waals surface area contributed by atoms with Crippen LogP contribution in [0, 0.1) is 0 Å². The van der Waals surface area contributed by atoms with Crippen molar-refractivity contribution in [2.24, 2.45) is 0 Å². The number of ketones is 1. The van der Waals surface area contributed by atoms with Gasteiger partial charge in [0.15, 0.2) is 5.78 Å². The van der Waals surface area contributed by atoms with Gasteiger partial charge < -0.3 is 34.6 Å². The van der Waals surface area contributed by atoms with E-state index in [1.807, 2.05) is 136 Å². The van der Waals surface area contributed by atoms with E-state index in [2.05, 4.69) is 20.4 Å². The van der Waals surface area contributed by atoms with E-state index >= 15 is 0 Å². The maximum absolute atomic E-state index is 13.6. The van der Waals surface area contributed by atoms with Crippen LogP contribution in [0.3, 0.4) is 0 Å². The molecule has 2 aromatic heterocycles. The van der Waals surface area contributed by atoms with Crippen LogP contribution in [-0.4, -0.2) is 104 Å². The molecule has 0 saturated heterocycles. The van der Waals surface area contributed by atoms with Gasteiger partial charge in [0.1, 0.15) is 56.6 Å². The number of aryl methyl sites for hydroxylation is 2. The molecule has 4 N–H and O–H groups in total. The number of carbonyl (C=O) groups is 2. The summed E-state index contributed by atoms with van der Waals surface area (Å²) in [6.07, 6.45) is -0.622. The van der Waals surface area contributed by atoms with Crippen LogP contribution in [0.4, 0.5) is 0 Å². The van der Waals surface area contributed by atoms with Crippen molar-refractivity contribution in [1.29, 1.82) is 0 Å². The van der Waals surface area contributed by atoms with Crippen molar-refractivity contribution in [3.63, 3.8) is 0 Å². The molecular formula is C53H70N6O9. The Morgan fingerprint density at radius 2 is 1.03 bits per heavy atom. The van der Waals surface area contributed by atoms with Crippen molar-refractivity contribution in [1.82, 2.24) is 30.0 Å². The first kappa shape index (κ1) is 51.6. The smallest absolute Gasteiger partial charge is 0.306 e. The van der Waals surface area contributed by atoms with Crippen LogP contribution >= 0.6 is 0 Å². The second-order valence-electron chi connectivity index (χ2n) is 21.7. The van der Waals surface area contributed by atoms with E-state index < -0.39 is 52.4 Å². The van der Waals surface area contributed by atoms with E-state index in [0.717, 1.165) is 11.1 Å². The number of hydrogen-bond acceptors (Lipinski definition) is 13. The Kier molecular flexibility index (Phi) is 15.2. The van der Waals surface area contributed by atoms with Gasteiger partial charge in [0, 0.05) is 36.8 Å². The van der Waals surface area contributed by atoms with Gasteiger partial charge in [-0.3, -0.25) is 9.59 Å². The first-order chi connectivity index (χ1) is 31.6. The number of aromatic hydroxyl groups is 2. The number of carbonyl (C=O) groups excluding carboxylic acids is 2. The second-order valence-corrected chi connectivity index (χ2v) is 21.7. The fourth-order valence-electron chi connectivity index (χ4n) is 8.61. The van der Waals surface area contributed by atoms with E-state index in [4.69, 9.17) is 14.2 Å². The van der Waals surface area contributed by atoms with Crippen LogP contribution in [0.15, 0.2) is 72.8 Å². The van der Waals surface area contributed by atoms with Crippen LogP contribution < -0.4 is 0 Å². The van der Waals surface area contributed by atoms with Crippen molar-refractivity contribution in [3.8, 4) is 22.9 Å². The molecule has 2 atom stereocenters. The maximum atomic E-state index is 13.6. The summed E-state index contributed by atoms with van der Waals surface area (Å²) in [4.78, 5) is 29.7. The molecule has 0 bridgehead atoms. The topological polar surface area (TPSA) is 204 Å². The minimum Gasteiger partial charge on any atom is -0.505 e. The highest BCUT2D eigenvalue weighted by molar-refractivity contribution is 5.86. The number of ether oxygens (including phenoxy) is 3. The van der Waals surface area contributed by atoms with Gasteiger partial charge in [-0.1, -0.05) is 77.9 Å². The molecule has 6 rings (SSSR count). The quantitative estimate of drug-likeness (QED) is 0.0530. The fourth-order valence-corrected chi connectivity index (χ4v) is 8.61. The molecule has 2 heterocycles. The zero-order valence-corrected chi connectivity index (χ0v) is 41.8. The molecule has 0 fully saturated rings. The van der Waals surface area contributed by atoms with Crippen molar-refractivity contribution in [2.45, 2.75) is 161 Å². The fraction of sp³-hybridized carbons (Fsp3) is 0.509. The largest absolute Gasteiger partial charge is 0.505 e. The summed E-state index contributed by atoms with van der Waals surface area (Å²) < 4.78 is 18.3. The van der Waals surface area contributed by atoms with Gasteiger partial charge in [-0.15, -0.1) is 30.0 Å². The summed E-state index contributed by atoms with van der Waals surface area (Å²) in [6.45, 7) is 22.2. The molecule has 4 aromatic carbocycles. The Morgan fingerprint density at radius 1 is 0.618 bits per heavy atom. The van der Waals surface area contributed by atoms with Gasteiger partial charge in [0.25, 0.3) is 0 Å². The van der Waals surface area contributed by atoms with Gasteiger partial charge in [-0.25, -0.2) is 0 Å². The predicted molar refractivity (Wildman–Crippen MR) is 262 cm³/mol. The third kappa shape index (κ3) is 12.9. The first-order valence-electron chi connectivity index (χ1n) is 23.4. The number of aliphatic hydroxyl groups excluding tert-OH is 2. The normalized spacial score (nSPS) is 13.9. The number of nitrogens with zero attached hydrogens (tertiary/aromatic N) is 6. The number of rotatable bonds is 20. The van der Waals surface area contributed by atoms with Crippen LogP contribution in [0.5, 0.6) is 11.5 Å². The van der Waals surface area contributed by atoms with Gasteiger partial charge in [0.05, 0.1) is 30.5 Å². The van der Waals surface area contributed by atoms with Crippen molar-refractivity contribution < 1.29 is 44.2 Å². The summed E-state index contributed by atoms with van der Waals surface area (Å²) in [5.74, 6) is -0.500. The predicted octanol–water partition coefficient (Wildman–Crippen LogP) is 8.71. The first-order valence-corrected chi connectivity index (χ1v) is 23.4. The molecule has 68 heavy (non-hydrogen) atoms. The Balaban J connectivity index is 1.01. The van der Waals surface area contributed by atoms with Crippen LogP contribution in [-0.2, 0) is 47.5 Å². The van der Waals surface area contributed by atoms with Crippen molar-refractivity contribution in [3.05, 3.63) is 95.1 Å². The number of aliphatic hydroxyl groups is 2. The lowest BCUT2D eigenvalue weighted by atomic mass is 9.84. The van der Waals surface area contributed by atoms with Crippen LogP contribution in [0.1, 0.15) is 131 Å². The highest BCUT2D eigenvalue weighted by Gasteiger charge is 2.36. The van der Waals surface area contributed by atoms with Crippen molar-refractivity contribution >= 4 is 33.8 Å². The maximum Gasteiger partial charge on any atom is 0.306 e. The summed E-state index contributed by atoms with van der Waals surface area (Å²) in [7, 11) is 0. The third-order valence-corrected chi connectivity index (χ3v) is 12.0. The summed E-state index contributed by atoms with van der Waals surface area (Å²) in [5, 5.41) is 62.4. The van der Waals surface area contributed by atoms with E-state index in [9.17, 15) is 30.0 Å². The number of phenols is 2. The second kappa shape index (κ2) is 20.1. The molecule has 0 radical (unpaired) electrons. The SMILES string of the molecule is CC(C)(CC(O)COC(C)(C)C(=O)CCc1cc(-n2nc3ccccc3n2)c(O)c(C(C)(C)C)c1)OC(C)(C)CC(CO)OC(=O)CCc1cc(-n2nc3ccccc3n2)c(O)c(C(C)(C)C)c1. The molecule has 2 unspecified atom stereocenters. The number of hydrogen-bond donors (Lipinski definition) is 4. The molecule has 0 saturated carbocycles. The average Bonchev–Trinajstić information content (AvgIpc) is 3.88. The molecule has 0 spiro atoms. The zero-order valence-electron chi connectivity index (χ0n) is 41.8. The minimum atomic E-state index is -1.21. The molecule has 15 nitrogen and oxygen atoms in total. The highest BCUT2D eigenvalue weighted by atomic mass is 16.6. The van der Waals surface area contributed by atoms with Crippen LogP contribution in [0.25, 0.3) is 33.4 Å². The Morgan fingerprint density at radius 3 is 1.44 bits per heavy atom. The Bertz CT molecular complexity index is 2670. The van der Waals surface area contributed by atoms with Crippen molar-refractivity contribution in [2.75, 3.05) is 13.2 Å².